The summed E-state index contributed by atoms with van der Waals surface area (Å²) < 4.78 is 0.883. The third-order valence-electron chi connectivity index (χ3n) is 3.13. The molecule has 1 aromatic carbocycles. The zero-order chi connectivity index (χ0) is 13.0. The number of benzene rings is 1. The minimum atomic E-state index is 0.165. The molecule has 18 heavy (non-hydrogen) atoms. The Bertz CT molecular complexity index is 430. The van der Waals surface area contributed by atoms with E-state index in [1.165, 1.54) is 6.42 Å². The predicted octanol–water partition coefficient (Wildman–Crippen LogP) is 2.46. The van der Waals surface area contributed by atoms with Crippen LogP contribution in [0.3, 0.4) is 0 Å². The average Bonchev–Trinajstić information content (AvgIpc) is 2.38. The fourth-order valence-electron chi connectivity index (χ4n) is 2.10. The highest BCUT2D eigenvalue weighted by atomic mass is 79.9. The van der Waals surface area contributed by atoms with Crippen LogP contribution in [0.25, 0.3) is 0 Å². The summed E-state index contributed by atoms with van der Waals surface area (Å²) >= 11 is 3.43. The fraction of sp³-hybridized carbons (Fsp3) is 0.462. The van der Waals surface area contributed by atoms with Crippen molar-refractivity contribution in [1.82, 2.24) is 4.90 Å². The first kappa shape index (κ1) is 13.2. The second kappa shape index (κ2) is 6.09. The van der Waals surface area contributed by atoms with Crippen LogP contribution in [0.1, 0.15) is 19.3 Å². The topological polar surface area (TPSA) is 58.4 Å². The molecule has 0 aromatic heterocycles. The normalized spacial score (nSPS) is 15.5. The number of nitrogens with one attached hydrogen (secondary N) is 1. The molecule has 1 saturated heterocycles. The number of halogens is 1. The maximum Gasteiger partial charge on any atom is 0.241 e. The van der Waals surface area contributed by atoms with Gasteiger partial charge in [0.25, 0.3) is 0 Å². The van der Waals surface area contributed by atoms with Crippen LogP contribution in [0.5, 0.6) is 0 Å². The summed E-state index contributed by atoms with van der Waals surface area (Å²) in [7, 11) is 0. The summed E-state index contributed by atoms with van der Waals surface area (Å²) in [5, 5.41) is 3.14. The maximum atomic E-state index is 12.0. The second-order valence-corrected chi connectivity index (χ2v) is 5.39. The molecular formula is C13H18BrN3O. The Morgan fingerprint density at radius 1 is 1.33 bits per heavy atom. The van der Waals surface area contributed by atoms with Gasteiger partial charge in [0.05, 0.1) is 6.54 Å². The number of anilines is 2. The molecule has 0 saturated carbocycles. The highest BCUT2D eigenvalue weighted by Gasteiger charge is 2.16. The molecule has 0 bridgehead atoms. The fourth-order valence-corrected chi connectivity index (χ4v) is 2.64. The third-order valence-corrected chi connectivity index (χ3v) is 3.79. The van der Waals surface area contributed by atoms with Crippen molar-refractivity contribution >= 4 is 33.2 Å². The Labute approximate surface area is 116 Å². The summed E-state index contributed by atoms with van der Waals surface area (Å²) in [5.74, 6) is 0.165. The van der Waals surface area contributed by atoms with Gasteiger partial charge in [0, 0.05) is 28.9 Å². The number of piperidine rings is 1. The van der Waals surface area contributed by atoms with Crippen LogP contribution in [0, 0.1) is 0 Å². The van der Waals surface area contributed by atoms with Crippen molar-refractivity contribution in [3.05, 3.63) is 22.7 Å². The number of carbonyl (C=O) groups excluding carboxylic acids is 1. The number of amides is 1. The van der Waals surface area contributed by atoms with E-state index in [4.69, 9.17) is 5.73 Å². The average molecular weight is 312 g/mol. The molecule has 0 atom stereocenters. The number of hydrogen-bond acceptors (Lipinski definition) is 3. The van der Waals surface area contributed by atoms with E-state index in [9.17, 15) is 4.79 Å². The van der Waals surface area contributed by atoms with Gasteiger partial charge in [-0.15, -0.1) is 0 Å². The first-order valence-corrected chi connectivity index (χ1v) is 7.03. The van der Waals surface area contributed by atoms with Crippen LogP contribution in [-0.2, 0) is 4.79 Å². The van der Waals surface area contributed by atoms with Gasteiger partial charge in [-0.2, -0.15) is 0 Å². The van der Waals surface area contributed by atoms with Gasteiger partial charge in [-0.1, -0.05) is 0 Å². The highest BCUT2D eigenvalue weighted by Crippen LogP contribution is 2.24. The number of nitrogens with zero attached hydrogens (tertiary/aromatic N) is 1. The number of nitrogens with two attached hydrogens (primary N) is 1. The molecule has 2 rings (SSSR count). The summed E-state index contributed by atoms with van der Waals surface area (Å²) in [4.78, 5) is 13.9. The second-order valence-electron chi connectivity index (χ2n) is 4.53. The maximum absolute atomic E-state index is 12.0. The lowest BCUT2D eigenvalue weighted by Gasteiger charge is -2.27. The molecule has 1 fully saturated rings. The van der Waals surface area contributed by atoms with E-state index in [0.717, 1.165) is 36.1 Å². The minimum absolute atomic E-state index is 0.165. The van der Waals surface area contributed by atoms with Gasteiger partial charge in [-0.25, -0.2) is 0 Å². The Morgan fingerprint density at radius 2 is 2.06 bits per heavy atom. The molecule has 0 spiro atoms. The number of likely N-dealkylation sites (tertiary alicyclic amines) is 1. The van der Waals surface area contributed by atoms with E-state index in [0.29, 0.717) is 12.2 Å². The van der Waals surface area contributed by atoms with E-state index in [1.807, 2.05) is 23.1 Å². The Kier molecular flexibility index (Phi) is 4.47. The molecule has 0 unspecified atom stereocenters. The Balaban J connectivity index is 1.88. The summed E-state index contributed by atoms with van der Waals surface area (Å²) in [6.07, 6.45) is 3.48. The van der Waals surface area contributed by atoms with E-state index in [2.05, 4.69) is 21.2 Å². The van der Waals surface area contributed by atoms with Crippen molar-refractivity contribution in [2.45, 2.75) is 19.3 Å². The molecule has 1 heterocycles. The number of nitrogen functional groups attached to an aromatic ring is 1. The van der Waals surface area contributed by atoms with Crippen LogP contribution in [0.15, 0.2) is 22.7 Å². The first-order valence-electron chi connectivity index (χ1n) is 6.23. The molecule has 5 heteroatoms. The summed E-state index contributed by atoms with van der Waals surface area (Å²) in [6.45, 7) is 2.12. The number of carbonyl (C=O) groups is 1. The predicted molar refractivity (Wildman–Crippen MR) is 77.5 cm³/mol. The van der Waals surface area contributed by atoms with E-state index < -0.39 is 0 Å². The third kappa shape index (κ3) is 3.38. The standard InChI is InChI=1S/C13H18BrN3O/c14-11-8-10(15)4-5-12(11)16-9-13(18)17-6-2-1-3-7-17/h4-5,8,16H,1-3,6-7,9,15H2. The van der Waals surface area contributed by atoms with E-state index in [-0.39, 0.29) is 5.91 Å². The summed E-state index contributed by atoms with van der Waals surface area (Å²) in [5.41, 5.74) is 7.27. The van der Waals surface area contributed by atoms with Crippen molar-refractivity contribution in [2.75, 3.05) is 30.7 Å². The Morgan fingerprint density at radius 3 is 2.72 bits per heavy atom. The van der Waals surface area contributed by atoms with Crippen LogP contribution >= 0.6 is 15.9 Å². The minimum Gasteiger partial charge on any atom is -0.399 e. The molecule has 1 aromatic rings. The zero-order valence-corrected chi connectivity index (χ0v) is 11.9. The highest BCUT2D eigenvalue weighted by molar-refractivity contribution is 9.10. The van der Waals surface area contributed by atoms with E-state index in [1.54, 1.807) is 0 Å². The van der Waals surface area contributed by atoms with Crippen molar-refractivity contribution in [3.8, 4) is 0 Å². The molecule has 98 valence electrons. The lowest BCUT2D eigenvalue weighted by molar-refractivity contribution is -0.130. The molecule has 4 nitrogen and oxygen atoms in total. The van der Waals surface area contributed by atoms with Crippen molar-refractivity contribution in [3.63, 3.8) is 0 Å². The SMILES string of the molecule is Nc1ccc(NCC(=O)N2CCCCC2)c(Br)c1. The number of rotatable bonds is 3. The summed E-state index contributed by atoms with van der Waals surface area (Å²) in [6, 6.07) is 5.52. The van der Waals surface area contributed by atoms with Gasteiger partial charge >= 0.3 is 0 Å². The lowest BCUT2D eigenvalue weighted by Crippen LogP contribution is -2.39. The van der Waals surface area contributed by atoms with Crippen molar-refractivity contribution in [1.29, 1.82) is 0 Å². The molecule has 1 amide bonds. The van der Waals surface area contributed by atoms with Crippen LogP contribution < -0.4 is 11.1 Å². The molecule has 0 radical (unpaired) electrons. The van der Waals surface area contributed by atoms with Crippen molar-refractivity contribution in [2.24, 2.45) is 0 Å². The lowest BCUT2D eigenvalue weighted by atomic mass is 10.1. The van der Waals surface area contributed by atoms with Gasteiger partial charge in [0.1, 0.15) is 0 Å². The molecule has 0 aliphatic carbocycles. The van der Waals surface area contributed by atoms with Gasteiger partial charge in [-0.3, -0.25) is 4.79 Å². The van der Waals surface area contributed by atoms with Crippen LogP contribution in [0.2, 0.25) is 0 Å². The first-order chi connectivity index (χ1) is 8.66. The van der Waals surface area contributed by atoms with Crippen LogP contribution in [0.4, 0.5) is 11.4 Å². The van der Waals surface area contributed by atoms with Gasteiger partial charge in [-0.05, 0) is 53.4 Å². The molecule has 3 N–H and O–H groups in total. The van der Waals surface area contributed by atoms with Gasteiger partial charge in [0.15, 0.2) is 0 Å². The van der Waals surface area contributed by atoms with Gasteiger partial charge in [0.2, 0.25) is 5.91 Å². The molecule has 1 aliphatic rings. The zero-order valence-electron chi connectivity index (χ0n) is 10.3. The quantitative estimate of drug-likeness (QED) is 0.843. The van der Waals surface area contributed by atoms with E-state index >= 15 is 0 Å². The van der Waals surface area contributed by atoms with Crippen LogP contribution in [-0.4, -0.2) is 30.4 Å². The number of hydrogen-bond donors (Lipinski definition) is 2. The molecule has 1 aliphatic heterocycles. The Hall–Kier alpha value is -1.23. The molecular weight excluding hydrogens is 294 g/mol. The van der Waals surface area contributed by atoms with Crippen molar-refractivity contribution < 1.29 is 4.79 Å². The monoisotopic (exact) mass is 311 g/mol. The smallest absolute Gasteiger partial charge is 0.241 e. The largest absolute Gasteiger partial charge is 0.399 e. The van der Waals surface area contributed by atoms with Gasteiger partial charge < -0.3 is 16.0 Å².